The minimum absolute atomic E-state index is 0.100. The van der Waals surface area contributed by atoms with Gasteiger partial charge in [-0.3, -0.25) is 9.10 Å². The molecule has 3 aromatic carbocycles. The molecule has 0 radical (unpaired) electrons. The number of hydrogen-bond donors (Lipinski definition) is 1. The monoisotopic (exact) mass is 557 g/mol. The van der Waals surface area contributed by atoms with Crippen LogP contribution in [-0.2, 0) is 29.6 Å². The Hall–Kier alpha value is -3.25. The van der Waals surface area contributed by atoms with Gasteiger partial charge in [-0.15, -0.1) is 0 Å². The molecule has 1 fully saturated rings. The second-order valence-electron chi connectivity index (χ2n) is 9.02. The number of morpholine rings is 1. The topological polar surface area (TPSA) is 113 Å². The molecule has 1 heterocycles. The van der Waals surface area contributed by atoms with E-state index in [2.05, 4.69) is 5.32 Å². The molecule has 1 N–H and O–H groups in total. The molecule has 4 rings (SSSR count). The van der Waals surface area contributed by atoms with Crippen molar-refractivity contribution in [2.75, 3.05) is 42.5 Å². The van der Waals surface area contributed by atoms with Gasteiger partial charge in [-0.05, 0) is 55.8 Å². The van der Waals surface area contributed by atoms with Crippen LogP contribution in [0.2, 0.25) is 0 Å². The lowest BCUT2D eigenvalue weighted by atomic mass is 10.2. The average Bonchev–Trinajstić information content (AvgIpc) is 2.91. The quantitative estimate of drug-likeness (QED) is 0.431. The second kappa shape index (κ2) is 11.6. The fourth-order valence-electron chi connectivity index (χ4n) is 4.13. The molecule has 0 unspecified atom stereocenters. The summed E-state index contributed by atoms with van der Waals surface area (Å²) < 4.78 is 61.1. The molecule has 11 heteroatoms. The van der Waals surface area contributed by atoms with Crippen molar-refractivity contribution in [3.05, 3.63) is 83.9 Å². The van der Waals surface area contributed by atoms with Crippen LogP contribution in [0.25, 0.3) is 0 Å². The number of para-hydroxylation sites is 1. The number of carbonyl (C=O) groups is 1. The van der Waals surface area contributed by atoms with Crippen molar-refractivity contribution in [2.24, 2.45) is 0 Å². The lowest BCUT2D eigenvalue weighted by molar-refractivity contribution is -0.116. The number of hydrogen-bond acceptors (Lipinski definition) is 6. The molecule has 0 aliphatic carbocycles. The van der Waals surface area contributed by atoms with Gasteiger partial charge in [0, 0.05) is 31.7 Å². The van der Waals surface area contributed by atoms with Crippen molar-refractivity contribution >= 4 is 37.3 Å². The number of aryl methyl sites for hydroxylation is 2. The van der Waals surface area contributed by atoms with Gasteiger partial charge in [-0.25, -0.2) is 16.8 Å². The Balaban J connectivity index is 1.52. The maximum atomic E-state index is 13.5. The molecule has 1 aliphatic heterocycles. The maximum absolute atomic E-state index is 13.5. The van der Waals surface area contributed by atoms with Gasteiger partial charge in [0.25, 0.3) is 10.0 Å². The lowest BCUT2D eigenvalue weighted by Crippen LogP contribution is -2.40. The van der Waals surface area contributed by atoms with E-state index in [0.29, 0.717) is 30.2 Å². The Kier molecular flexibility index (Phi) is 8.51. The molecular formula is C27H31N3O6S2. The van der Waals surface area contributed by atoms with Crippen LogP contribution in [0, 0.1) is 13.8 Å². The molecule has 202 valence electrons. The minimum Gasteiger partial charge on any atom is -0.379 e. The van der Waals surface area contributed by atoms with Crippen molar-refractivity contribution in [3.63, 3.8) is 0 Å². The molecule has 0 spiro atoms. The summed E-state index contributed by atoms with van der Waals surface area (Å²) in [6.45, 7) is 4.67. The van der Waals surface area contributed by atoms with Crippen LogP contribution in [0.1, 0.15) is 17.5 Å². The molecular weight excluding hydrogens is 526 g/mol. The van der Waals surface area contributed by atoms with Crippen LogP contribution < -0.4 is 9.62 Å². The third kappa shape index (κ3) is 6.24. The fraction of sp³-hybridized carbons (Fsp3) is 0.296. The summed E-state index contributed by atoms with van der Waals surface area (Å²) in [4.78, 5) is 13.1. The fourth-order valence-corrected chi connectivity index (χ4v) is 7.25. The molecule has 1 saturated heterocycles. The van der Waals surface area contributed by atoms with Gasteiger partial charge in [0.05, 0.1) is 28.7 Å². The van der Waals surface area contributed by atoms with Gasteiger partial charge in [-0.1, -0.05) is 42.0 Å². The average molecular weight is 558 g/mol. The number of anilines is 2. The third-order valence-electron chi connectivity index (χ3n) is 6.25. The first-order valence-electron chi connectivity index (χ1n) is 12.2. The molecule has 0 saturated carbocycles. The summed E-state index contributed by atoms with van der Waals surface area (Å²) in [5, 5.41) is 2.72. The van der Waals surface area contributed by atoms with E-state index >= 15 is 0 Å². The first-order valence-corrected chi connectivity index (χ1v) is 15.1. The predicted molar refractivity (Wildman–Crippen MR) is 146 cm³/mol. The smallest absolute Gasteiger partial charge is 0.264 e. The van der Waals surface area contributed by atoms with E-state index in [9.17, 15) is 21.6 Å². The number of ether oxygens (including phenoxy) is 1. The van der Waals surface area contributed by atoms with Crippen molar-refractivity contribution < 1.29 is 26.4 Å². The number of nitrogens with zero attached hydrogens (tertiary/aromatic N) is 2. The zero-order valence-electron chi connectivity index (χ0n) is 21.3. The number of amides is 1. The van der Waals surface area contributed by atoms with Crippen molar-refractivity contribution in [3.8, 4) is 0 Å². The first kappa shape index (κ1) is 27.8. The summed E-state index contributed by atoms with van der Waals surface area (Å²) in [5.41, 5.74) is 2.26. The first-order chi connectivity index (χ1) is 18.1. The predicted octanol–water partition coefficient (Wildman–Crippen LogP) is 3.55. The largest absolute Gasteiger partial charge is 0.379 e. The van der Waals surface area contributed by atoms with Crippen LogP contribution in [0.4, 0.5) is 11.4 Å². The minimum atomic E-state index is -3.93. The summed E-state index contributed by atoms with van der Waals surface area (Å²) >= 11 is 0. The van der Waals surface area contributed by atoms with Gasteiger partial charge in [0.15, 0.2) is 0 Å². The van der Waals surface area contributed by atoms with E-state index in [1.54, 1.807) is 73.7 Å². The molecule has 1 aliphatic rings. The SMILES string of the molecule is Cc1ccc(S(=O)(=O)N(CCC(=O)Nc2ccc(C)c(S(=O)(=O)N3CCOCC3)c2)c2ccccc2)cc1. The van der Waals surface area contributed by atoms with Crippen molar-refractivity contribution in [1.82, 2.24) is 4.31 Å². The van der Waals surface area contributed by atoms with Gasteiger partial charge in [0.2, 0.25) is 15.9 Å². The van der Waals surface area contributed by atoms with Gasteiger partial charge >= 0.3 is 0 Å². The Labute approximate surface area is 224 Å². The summed E-state index contributed by atoms with van der Waals surface area (Å²) in [5.74, 6) is -0.441. The summed E-state index contributed by atoms with van der Waals surface area (Å²) in [6.07, 6.45) is -0.139. The highest BCUT2D eigenvalue weighted by Crippen LogP contribution is 2.26. The highest BCUT2D eigenvalue weighted by atomic mass is 32.2. The summed E-state index contributed by atoms with van der Waals surface area (Å²) in [6, 6.07) is 19.8. The van der Waals surface area contributed by atoms with Crippen LogP contribution in [-0.4, -0.2) is 59.9 Å². The van der Waals surface area contributed by atoms with E-state index in [4.69, 9.17) is 4.74 Å². The Morgan fingerprint density at radius 1 is 0.921 bits per heavy atom. The molecule has 38 heavy (non-hydrogen) atoms. The highest BCUT2D eigenvalue weighted by molar-refractivity contribution is 7.92. The van der Waals surface area contributed by atoms with E-state index < -0.39 is 26.0 Å². The Morgan fingerprint density at radius 3 is 2.24 bits per heavy atom. The van der Waals surface area contributed by atoms with Gasteiger partial charge in [-0.2, -0.15) is 4.31 Å². The van der Waals surface area contributed by atoms with E-state index in [1.807, 2.05) is 6.92 Å². The van der Waals surface area contributed by atoms with E-state index in [-0.39, 0.29) is 35.8 Å². The van der Waals surface area contributed by atoms with Crippen molar-refractivity contribution in [2.45, 2.75) is 30.1 Å². The number of carbonyl (C=O) groups excluding carboxylic acids is 1. The number of nitrogens with one attached hydrogen (secondary N) is 1. The van der Waals surface area contributed by atoms with Crippen LogP contribution >= 0.6 is 0 Å². The zero-order valence-corrected chi connectivity index (χ0v) is 23.0. The van der Waals surface area contributed by atoms with E-state index in [0.717, 1.165) is 5.56 Å². The summed E-state index contributed by atoms with van der Waals surface area (Å²) in [7, 11) is -7.68. The van der Waals surface area contributed by atoms with Crippen LogP contribution in [0.3, 0.4) is 0 Å². The Bertz CT molecular complexity index is 1490. The normalized spacial score (nSPS) is 14.7. The molecule has 3 aromatic rings. The number of sulfonamides is 2. The second-order valence-corrected chi connectivity index (χ2v) is 12.8. The molecule has 1 amide bonds. The van der Waals surface area contributed by atoms with Gasteiger partial charge in [0.1, 0.15) is 0 Å². The lowest BCUT2D eigenvalue weighted by Gasteiger charge is -2.27. The Morgan fingerprint density at radius 2 is 1.58 bits per heavy atom. The van der Waals surface area contributed by atoms with Crippen LogP contribution in [0.5, 0.6) is 0 Å². The molecule has 0 aromatic heterocycles. The number of benzene rings is 3. The number of rotatable bonds is 9. The van der Waals surface area contributed by atoms with E-state index in [1.165, 1.54) is 14.7 Å². The molecule has 0 bridgehead atoms. The van der Waals surface area contributed by atoms with Gasteiger partial charge < -0.3 is 10.1 Å². The highest BCUT2D eigenvalue weighted by Gasteiger charge is 2.29. The third-order valence-corrected chi connectivity index (χ3v) is 10.1. The van der Waals surface area contributed by atoms with Crippen LogP contribution in [0.15, 0.2) is 82.6 Å². The zero-order chi connectivity index (χ0) is 27.3. The molecule has 9 nitrogen and oxygen atoms in total. The maximum Gasteiger partial charge on any atom is 0.264 e. The van der Waals surface area contributed by atoms with Crippen molar-refractivity contribution in [1.29, 1.82) is 0 Å². The molecule has 0 atom stereocenters. The standard InChI is InChI=1S/C27H31N3O6S2/c1-21-8-12-25(13-9-21)37(32,33)30(24-6-4-3-5-7-24)15-14-27(31)28-23-11-10-22(2)26(20-23)38(34,35)29-16-18-36-19-17-29/h3-13,20H,14-19H2,1-2H3,(H,28,31).